The highest BCUT2D eigenvalue weighted by molar-refractivity contribution is 5.76. The molecule has 2 atom stereocenters. The summed E-state index contributed by atoms with van der Waals surface area (Å²) < 4.78 is 68.5. The maximum atomic E-state index is 15.4. The molecule has 1 aromatic heterocycles. The molecule has 3 aromatic rings. The number of hydrogen-bond donors (Lipinski definition) is 1. The molecule has 2 aromatic carbocycles. The van der Waals surface area contributed by atoms with Crippen LogP contribution in [0.25, 0.3) is 0 Å². The fourth-order valence-electron chi connectivity index (χ4n) is 4.29. The van der Waals surface area contributed by atoms with E-state index in [-0.39, 0.29) is 37.3 Å². The van der Waals surface area contributed by atoms with Crippen LogP contribution in [0.3, 0.4) is 0 Å². The zero-order valence-corrected chi connectivity index (χ0v) is 18.6. The summed E-state index contributed by atoms with van der Waals surface area (Å²) in [4.78, 5) is 20.6. The Morgan fingerprint density at radius 3 is 2.29 bits per heavy atom. The lowest BCUT2D eigenvalue weighted by atomic mass is 10.0. The third-order valence-electron chi connectivity index (χ3n) is 6.04. The van der Waals surface area contributed by atoms with E-state index in [4.69, 9.17) is 5.73 Å². The highest BCUT2D eigenvalue weighted by atomic mass is 19.4. The molecule has 1 amide bonds. The largest absolute Gasteiger partial charge is 0.416 e. The van der Waals surface area contributed by atoms with E-state index >= 15 is 4.39 Å². The summed E-state index contributed by atoms with van der Waals surface area (Å²) in [5, 5.41) is 0. The number of carbonyl (C=O) groups excluding carboxylic acids is 1. The molecule has 2 N–H and O–H groups in total. The van der Waals surface area contributed by atoms with Crippen LogP contribution in [0.4, 0.5) is 27.8 Å². The summed E-state index contributed by atoms with van der Waals surface area (Å²) in [5.74, 6) is -1.18. The van der Waals surface area contributed by atoms with Gasteiger partial charge in [-0.15, -0.1) is 0 Å². The lowest BCUT2D eigenvalue weighted by molar-refractivity contribution is -0.137. The highest BCUT2D eigenvalue weighted by Gasteiger charge is 2.37. The van der Waals surface area contributed by atoms with Crippen molar-refractivity contribution in [3.63, 3.8) is 0 Å². The van der Waals surface area contributed by atoms with Gasteiger partial charge in [-0.05, 0) is 41.7 Å². The van der Waals surface area contributed by atoms with Gasteiger partial charge in [0.25, 0.3) is 0 Å². The molecule has 2 heterocycles. The van der Waals surface area contributed by atoms with Gasteiger partial charge in [0.2, 0.25) is 5.91 Å². The minimum Gasteiger partial charge on any atom is -0.369 e. The summed E-state index contributed by atoms with van der Waals surface area (Å²) >= 11 is 0. The number of carbonyl (C=O) groups is 1. The van der Waals surface area contributed by atoms with Gasteiger partial charge in [0, 0.05) is 6.42 Å². The van der Waals surface area contributed by atoms with Gasteiger partial charge in [0.15, 0.2) is 11.6 Å². The van der Waals surface area contributed by atoms with Crippen molar-refractivity contribution in [3.8, 4) is 0 Å². The number of halogens is 5. The van der Waals surface area contributed by atoms with E-state index in [0.29, 0.717) is 12.0 Å². The number of hydrogen-bond acceptors (Lipinski definition) is 4. The quantitative estimate of drug-likeness (QED) is 0.486. The molecule has 0 radical (unpaired) electrons. The standard InChI is InChI=1S/C25H23F5N4O/c26-19-12-21(17-6-8-18(9-7-17)25(28,29)30)34(13-19)24-23(27)20(32-14-33-24)10-5-15-1-3-16(4-2-15)11-22(31)35/h1-4,6-9,14,19,21H,5,10-13H2,(H2,31,35)/t19-,21-/m0/s1. The molecule has 1 aliphatic rings. The second-order valence-electron chi connectivity index (χ2n) is 8.54. The first-order valence-corrected chi connectivity index (χ1v) is 11.0. The third-order valence-corrected chi connectivity index (χ3v) is 6.04. The average Bonchev–Trinajstić information content (AvgIpc) is 3.20. The Morgan fingerprint density at radius 1 is 1.00 bits per heavy atom. The number of anilines is 1. The van der Waals surface area contributed by atoms with Crippen LogP contribution in [-0.2, 0) is 30.2 Å². The van der Waals surface area contributed by atoms with Crippen molar-refractivity contribution in [2.75, 3.05) is 11.4 Å². The smallest absolute Gasteiger partial charge is 0.369 e. The molecule has 0 bridgehead atoms. The molecule has 1 saturated heterocycles. The minimum atomic E-state index is -4.48. The zero-order chi connectivity index (χ0) is 25.2. The molecule has 0 aliphatic carbocycles. The number of primary amides is 1. The van der Waals surface area contributed by atoms with Gasteiger partial charge in [0.1, 0.15) is 12.5 Å². The molecular weight excluding hydrogens is 467 g/mol. The molecule has 0 spiro atoms. The summed E-state index contributed by atoms with van der Waals surface area (Å²) in [7, 11) is 0. The Balaban J connectivity index is 1.52. The van der Waals surface area contributed by atoms with Gasteiger partial charge in [-0.3, -0.25) is 4.79 Å². The van der Waals surface area contributed by atoms with E-state index in [0.717, 1.165) is 23.3 Å². The maximum absolute atomic E-state index is 15.4. The Bertz CT molecular complexity index is 1180. The Morgan fingerprint density at radius 2 is 1.66 bits per heavy atom. The first-order valence-electron chi connectivity index (χ1n) is 11.0. The number of aryl methyl sites for hydroxylation is 2. The average molecular weight is 490 g/mol. The van der Waals surface area contributed by atoms with Gasteiger partial charge in [-0.1, -0.05) is 36.4 Å². The van der Waals surface area contributed by atoms with E-state index < -0.39 is 35.7 Å². The number of nitrogens with zero attached hydrogens (tertiary/aromatic N) is 3. The molecular formula is C25H23F5N4O. The minimum absolute atomic E-state index is 0.0157. The van der Waals surface area contributed by atoms with Crippen LogP contribution >= 0.6 is 0 Å². The normalized spacial score (nSPS) is 18.1. The molecule has 35 heavy (non-hydrogen) atoms. The number of amides is 1. The van der Waals surface area contributed by atoms with Crippen LogP contribution in [0.1, 0.15) is 40.4 Å². The first-order chi connectivity index (χ1) is 16.6. The summed E-state index contributed by atoms with van der Waals surface area (Å²) in [5.41, 5.74) is 6.68. The molecule has 10 heteroatoms. The Kier molecular flexibility index (Phi) is 7.00. The molecule has 0 unspecified atom stereocenters. The highest BCUT2D eigenvalue weighted by Crippen LogP contribution is 2.39. The first kappa shape index (κ1) is 24.6. The third kappa shape index (κ3) is 5.75. The van der Waals surface area contributed by atoms with E-state index in [1.165, 1.54) is 23.4 Å². The van der Waals surface area contributed by atoms with Crippen LogP contribution in [0.2, 0.25) is 0 Å². The summed E-state index contributed by atoms with van der Waals surface area (Å²) in [6.07, 6.45) is -3.67. The van der Waals surface area contributed by atoms with E-state index in [1.807, 2.05) is 12.1 Å². The van der Waals surface area contributed by atoms with Crippen LogP contribution in [-0.4, -0.2) is 28.6 Å². The Labute approximate surface area is 198 Å². The van der Waals surface area contributed by atoms with Crippen molar-refractivity contribution in [3.05, 3.63) is 88.6 Å². The lowest BCUT2D eigenvalue weighted by Crippen LogP contribution is -2.26. The van der Waals surface area contributed by atoms with Gasteiger partial charge in [-0.2, -0.15) is 13.2 Å². The fourth-order valence-corrected chi connectivity index (χ4v) is 4.29. The predicted molar refractivity (Wildman–Crippen MR) is 120 cm³/mol. The predicted octanol–water partition coefficient (Wildman–Crippen LogP) is 4.74. The second-order valence-corrected chi connectivity index (χ2v) is 8.54. The van der Waals surface area contributed by atoms with Crippen LogP contribution in [0.5, 0.6) is 0 Å². The topological polar surface area (TPSA) is 72.1 Å². The van der Waals surface area contributed by atoms with E-state index in [1.54, 1.807) is 12.1 Å². The van der Waals surface area contributed by atoms with E-state index in [2.05, 4.69) is 9.97 Å². The van der Waals surface area contributed by atoms with Crippen molar-refractivity contribution in [2.24, 2.45) is 5.73 Å². The number of rotatable bonds is 7. The van der Waals surface area contributed by atoms with Gasteiger partial charge in [-0.25, -0.2) is 18.7 Å². The number of nitrogens with two attached hydrogens (primary N) is 1. The maximum Gasteiger partial charge on any atom is 0.416 e. The van der Waals surface area contributed by atoms with Crippen molar-refractivity contribution >= 4 is 11.7 Å². The Hall–Kier alpha value is -3.56. The fraction of sp³-hybridized carbons (Fsp3) is 0.320. The molecule has 0 saturated carbocycles. The van der Waals surface area contributed by atoms with Gasteiger partial charge < -0.3 is 10.6 Å². The summed E-state index contributed by atoms with van der Waals surface area (Å²) in [6, 6.07) is 11.0. The van der Waals surface area contributed by atoms with Crippen molar-refractivity contribution in [2.45, 2.75) is 44.1 Å². The van der Waals surface area contributed by atoms with Crippen molar-refractivity contribution < 1.29 is 26.7 Å². The van der Waals surface area contributed by atoms with E-state index in [9.17, 15) is 22.4 Å². The number of benzene rings is 2. The second kappa shape index (κ2) is 9.97. The number of aromatic nitrogens is 2. The number of alkyl halides is 4. The molecule has 1 aliphatic heterocycles. The van der Waals surface area contributed by atoms with Gasteiger partial charge in [0.05, 0.1) is 30.3 Å². The van der Waals surface area contributed by atoms with Crippen LogP contribution in [0.15, 0.2) is 54.9 Å². The van der Waals surface area contributed by atoms with Crippen molar-refractivity contribution in [1.29, 1.82) is 0 Å². The molecule has 184 valence electrons. The molecule has 1 fully saturated rings. The van der Waals surface area contributed by atoms with Crippen LogP contribution in [0, 0.1) is 5.82 Å². The lowest BCUT2D eigenvalue weighted by Gasteiger charge is -2.26. The van der Waals surface area contributed by atoms with Gasteiger partial charge >= 0.3 is 6.18 Å². The summed E-state index contributed by atoms with van der Waals surface area (Å²) in [6.45, 7) is -0.125. The zero-order valence-electron chi connectivity index (χ0n) is 18.6. The van der Waals surface area contributed by atoms with Crippen molar-refractivity contribution in [1.82, 2.24) is 9.97 Å². The molecule has 4 rings (SSSR count). The SMILES string of the molecule is NC(=O)Cc1ccc(CCc2ncnc(N3C[C@@H](F)C[C@H]3c3ccc(C(F)(F)F)cc3)c2F)cc1. The monoisotopic (exact) mass is 490 g/mol. The van der Waals surface area contributed by atoms with Crippen LogP contribution < -0.4 is 10.6 Å². The molecule has 5 nitrogen and oxygen atoms in total.